The number of piperidine rings is 1. The summed E-state index contributed by atoms with van der Waals surface area (Å²) in [5, 5.41) is 21.9. The van der Waals surface area contributed by atoms with E-state index in [-0.39, 0.29) is 18.0 Å². The zero-order valence-electron chi connectivity index (χ0n) is 19.8. The van der Waals surface area contributed by atoms with Gasteiger partial charge in [0, 0.05) is 24.5 Å². The molecule has 0 unspecified atom stereocenters. The minimum absolute atomic E-state index is 0.122. The molecular formula is C25H34N4O3. The van der Waals surface area contributed by atoms with Crippen LogP contribution in [0, 0.1) is 18.3 Å². The average Bonchev–Trinajstić information content (AvgIpc) is 2.98. The van der Waals surface area contributed by atoms with Gasteiger partial charge in [0.25, 0.3) is 5.91 Å². The maximum atomic E-state index is 13.7. The van der Waals surface area contributed by atoms with Crippen molar-refractivity contribution >= 4 is 11.9 Å². The molecule has 1 saturated carbocycles. The van der Waals surface area contributed by atoms with Crippen LogP contribution in [-0.4, -0.2) is 75.6 Å². The van der Waals surface area contributed by atoms with Gasteiger partial charge in [-0.05, 0) is 90.2 Å². The van der Waals surface area contributed by atoms with Crippen molar-refractivity contribution in [3.63, 3.8) is 0 Å². The van der Waals surface area contributed by atoms with Crippen molar-refractivity contribution in [1.29, 1.82) is 5.26 Å². The maximum absolute atomic E-state index is 13.7. The Labute approximate surface area is 190 Å². The van der Waals surface area contributed by atoms with E-state index in [1.165, 1.54) is 4.90 Å². The van der Waals surface area contributed by atoms with Crippen LogP contribution in [0.25, 0.3) is 0 Å². The molecule has 172 valence electrons. The van der Waals surface area contributed by atoms with Crippen molar-refractivity contribution < 1.29 is 14.7 Å². The molecule has 7 heteroatoms. The standard InChI is InChI=1S/C25H34N4O3/c1-6-28-21(30)24(29(7-2)22(28)31)10-11-25(32)18(4)27(5)13-12-23(25,16-24)20-14-19(15-26)9-8-17(20)3/h8-9,14,18,32H,6-7,10-13,16H2,1-5H3/t18-,23-,24+,25-/m1/s1. The molecule has 7 nitrogen and oxygen atoms in total. The van der Waals surface area contributed by atoms with E-state index in [1.807, 2.05) is 46.9 Å². The molecule has 2 heterocycles. The largest absolute Gasteiger partial charge is 0.387 e. The number of carbonyl (C=O) groups excluding carboxylic acids is 2. The highest BCUT2D eigenvalue weighted by molar-refractivity contribution is 6.07. The molecule has 2 aliphatic heterocycles. The van der Waals surface area contributed by atoms with Crippen molar-refractivity contribution in [2.24, 2.45) is 0 Å². The molecule has 2 saturated heterocycles. The Morgan fingerprint density at radius 1 is 1.19 bits per heavy atom. The maximum Gasteiger partial charge on any atom is 0.327 e. The Balaban J connectivity index is 1.96. The first-order chi connectivity index (χ1) is 15.1. The van der Waals surface area contributed by atoms with E-state index in [0.717, 1.165) is 17.7 Å². The first kappa shape index (κ1) is 22.8. The monoisotopic (exact) mass is 438 g/mol. The zero-order chi connectivity index (χ0) is 23.5. The second-order valence-electron chi connectivity index (χ2n) is 9.84. The van der Waals surface area contributed by atoms with Crippen molar-refractivity contribution in [2.75, 3.05) is 26.7 Å². The summed E-state index contributed by atoms with van der Waals surface area (Å²) in [4.78, 5) is 32.1. The van der Waals surface area contributed by atoms with Gasteiger partial charge in [0.05, 0.1) is 17.2 Å². The minimum Gasteiger partial charge on any atom is -0.387 e. The number of urea groups is 1. The van der Waals surface area contributed by atoms with E-state index in [0.29, 0.717) is 44.3 Å². The smallest absolute Gasteiger partial charge is 0.327 e. The van der Waals surface area contributed by atoms with Gasteiger partial charge in [-0.15, -0.1) is 0 Å². The van der Waals surface area contributed by atoms with Crippen molar-refractivity contribution in [1.82, 2.24) is 14.7 Å². The zero-order valence-corrected chi connectivity index (χ0v) is 19.8. The Hall–Kier alpha value is -2.43. The predicted octanol–water partition coefficient (Wildman–Crippen LogP) is 2.79. The number of fused-ring (bicyclic) bond motifs is 1. The molecule has 1 spiro atoms. The number of aryl methyl sites for hydroxylation is 1. The first-order valence-electron chi connectivity index (χ1n) is 11.7. The SMILES string of the molecule is CCN1C(=O)N(CC)[C@]2(CC[C@@]3(O)[C@@H](C)N(C)CC[C@]3(c3cc(C#N)ccc3C)C2)C1=O. The molecular weight excluding hydrogens is 404 g/mol. The normalized spacial score (nSPS) is 35.3. The number of imide groups is 1. The van der Waals surface area contributed by atoms with E-state index in [1.54, 1.807) is 11.0 Å². The molecule has 32 heavy (non-hydrogen) atoms. The first-order valence-corrected chi connectivity index (χ1v) is 11.7. The number of likely N-dealkylation sites (tertiary alicyclic amines) is 1. The molecule has 1 N–H and O–H groups in total. The van der Waals surface area contributed by atoms with Crippen LogP contribution in [0.4, 0.5) is 4.79 Å². The number of nitrogens with zero attached hydrogens (tertiary/aromatic N) is 4. The Kier molecular flexibility index (Phi) is 5.38. The summed E-state index contributed by atoms with van der Waals surface area (Å²) in [5.74, 6) is -0.144. The quantitative estimate of drug-likeness (QED) is 0.733. The van der Waals surface area contributed by atoms with Gasteiger partial charge in [-0.3, -0.25) is 9.69 Å². The van der Waals surface area contributed by atoms with Crippen LogP contribution >= 0.6 is 0 Å². The van der Waals surface area contributed by atoms with Gasteiger partial charge in [-0.2, -0.15) is 5.26 Å². The second-order valence-corrected chi connectivity index (χ2v) is 9.84. The summed E-state index contributed by atoms with van der Waals surface area (Å²) >= 11 is 0. The fraction of sp³-hybridized carbons (Fsp3) is 0.640. The Morgan fingerprint density at radius 2 is 1.91 bits per heavy atom. The highest BCUT2D eigenvalue weighted by atomic mass is 16.3. The molecule has 1 aliphatic carbocycles. The fourth-order valence-electron chi connectivity index (χ4n) is 6.80. The number of amides is 3. The third-order valence-corrected chi connectivity index (χ3v) is 8.72. The van der Waals surface area contributed by atoms with Crippen molar-refractivity contribution in [3.8, 4) is 6.07 Å². The van der Waals surface area contributed by atoms with Gasteiger partial charge in [0.15, 0.2) is 0 Å². The number of benzene rings is 1. The van der Waals surface area contributed by atoms with E-state index in [4.69, 9.17) is 0 Å². The molecule has 3 fully saturated rings. The number of hydrogen-bond acceptors (Lipinski definition) is 5. The molecule has 0 aromatic heterocycles. The highest BCUT2D eigenvalue weighted by Crippen LogP contribution is 2.59. The van der Waals surface area contributed by atoms with Crippen LogP contribution in [0.15, 0.2) is 18.2 Å². The summed E-state index contributed by atoms with van der Waals surface area (Å²) in [6, 6.07) is 7.51. The van der Waals surface area contributed by atoms with Crippen LogP contribution in [0.1, 0.15) is 63.1 Å². The summed E-state index contributed by atoms with van der Waals surface area (Å²) in [7, 11) is 2.02. The second kappa shape index (κ2) is 7.57. The minimum atomic E-state index is -1.08. The topological polar surface area (TPSA) is 87.9 Å². The molecule has 1 aromatic carbocycles. The lowest BCUT2D eigenvalue weighted by atomic mass is 9.49. The molecule has 0 bridgehead atoms. The predicted molar refractivity (Wildman–Crippen MR) is 121 cm³/mol. The molecule has 3 aliphatic rings. The lowest BCUT2D eigenvalue weighted by Gasteiger charge is -2.63. The summed E-state index contributed by atoms with van der Waals surface area (Å²) in [6.45, 7) is 9.35. The Morgan fingerprint density at radius 3 is 2.53 bits per heavy atom. The van der Waals surface area contributed by atoms with E-state index >= 15 is 0 Å². The number of likely N-dealkylation sites (N-methyl/N-ethyl adjacent to an activating group) is 3. The highest BCUT2D eigenvalue weighted by Gasteiger charge is 2.69. The number of rotatable bonds is 3. The van der Waals surface area contributed by atoms with Crippen LogP contribution < -0.4 is 0 Å². The number of aliphatic hydroxyl groups is 1. The van der Waals surface area contributed by atoms with Crippen LogP contribution in [0.2, 0.25) is 0 Å². The third-order valence-electron chi connectivity index (χ3n) is 8.72. The average molecular weight is 439 g/mol. The van der Waals surface area contributed by atoms with Gasteiger partial charge in [0.1, 0.15) is 5.54 Å². The number of nitriles is 1. The Bertz CT molecular complexity index is 1000. The molecule has 4 rings (SSSR count). The van der Waals surface area contributed by atoms with Gasteiger partial charge >= 0.3 is 6.03 Å². The molecule has 4 atom stereocenters. The van der Waals surface area contributed by atoms with Gasteiger partial charge in [0.2, 0.25) is 0 Å². The molecule has 3 amide bonds. The van der Waals surface area contributed by atoms with Crippen LogP contribution in [0.5, 0.6) is 0 Å². The lowest BCUT2D eigenvalue weighted by molar-refractivity contribution is -0.176. The van der Waals surface area contributed by atoms with Crippen LogP contribution in [0.3, 0.4) is 0 Å². The third kappa shape index (κ3) is 2.72. The fourth-order valence-corrected chi connectivity index (χ4v) is 6.80. The summed E-state index contributed by atoms with van der Waals surface area (Å²) in [5.41, 5.74) is -0.287. The van der Waals surface area contributed by atoms with Crippen molar-refractivity contribution in [2.45, 2.75) is 76.0 Å². The lowest BCUT2D eigenvalue weighted by Crippen LogP contribution is -2.73. The van der Waals surface area contributed by atoms with E-state index in [2.05, 4.69) is 11.0 Å². The molecule has 0 radical (unpaired) electrons. The van der Waals surface area contributed by atoms with Crippen molar-refractivity contribution in [3.05, 3.63) is 34.9 Å². The van der Waals surface area contributed by atoms with Gasteiger partial charge < -0.3 is 14.9 Å². The van der Waals surface area contributed by atoms with Crippen LogP contribution in [-0.2, 0) is 10.2 Å². The van der Waals surface area contributed by atoms with E-state index < -0.39 is 16.6 Å². The summed E-state index contributed by atoms with van der Waals surface area (Å²) in [6.07, 6.45) is 1.89. The molecule has 1 aromatic rings. The summed E-state index contributed by atoms with van der Waals surface area (Å²) < 4.78 is 0. The van der Waals surface area contributed by atoms with Gasteiger partial charge in [-0.1, -0.05) is 6.07 Å². The van der Waals surface area contributed by atoms with Gasteiger partial charge in [-0.25, -0.2) is 4.79 Å². The number of hydrogen-bond donors (Lipinski definition) is 1. The number of carbonyl (C=O) groups is 2. The van der Waals surface area contributed by atoms with E-state index in [9.17, 15) is 20.0 Å².